The summed E-state index contributed by atoms with van der Waals surface area (Å²) in [4.78, 5) is 26.3. The molecule has 0 aromatic heterocycles. The van der Waals surface area contributed by atoms with Crippen molar-refractivity contribution < 1.29 is 28.0 Å². The summed E-state index contributed by atoms with van der Waals surface area (Å²) in [5.74, 6) is -2.90. The lowest BCUT2D eigenvalue weighted by atomic mass is 9.73. The summed E-state index contributed by atoms with van der Waals surface area (Å²) < 4.78 is 38.9. The predicted molar refractivity (Wildman–Crippen MR) is 127 cm³/mol. The van der Waals surface area contributed by atoms with Gasteiger partial charge in [0.2, 0.25) is 5.79 Å². The highest BCUT2D eigenvalue weighted by molar-refractivity contribution is 5.81. The van der Waals surface area contributed by atoms with E-state index < -0.39 is 22.7 Å². The Morgan fingerprint density at radius 3 is 2.22 bits per heavy atom. The highest BCUT2D eigenvalue weighted by Crippen LogP contribution is 2.48. The SMILES string of the molecule is COC1(OC)C2CC(=O)CC1N(CCc1cccc(F)c1)C(NCCc1cccc(F)c1)=C2[N+](=O)[O-]. The van der Waals surface area contributed by atoms with Crippen LogP contribution in [0.3, 0.4) is 0 Å². The van der Waals surface area contributed by atoms with Crippen molar-refractivity contribution >= 4 is 5.78 Å². The van der Waals surface area contributed by atoms with Crippen LogP contribution in [-0.2, 0) is 27.1 Å². The summed E-state index contributed by atoms with van der Waals surface area (Å²) in [6.07, 6.45) is 0.803. The molecule has 0 saturated heterocycles. The Morgan fingerprint density at radius 1 is 1.06 bits per heavy atom. The fourth-order valence-electron chi connectivity index (χ4n) is 5.40. The van der Waals surface area contributed by atoms with Crippen molar-refractivity contribution in [3.05, 3.63) is 92.9 Å². The Kier molecular flexibility index (Phi) is 7.65. The molecular weight excluding hydrogens is 472 g/mol. The maximum Gasteiger partial charge on any atom is 0.294 e. The number of rotatable bonds is 10. The Bertz CT molecular complexity index is 1170. The molecule has 0 spiro atoms. The fraction of sp³-hybridized carbons (Fsp3) is 0.423. The van der Waals surface area contributed by atoms with E-state index in [1.54, 1.807) is 29.2 Å². The molecule has 2 aromatic rings. The zero-order chi connectivity index (χ0) is 25.9. The van der Waals surface area contributed by atoms with E-state index in [0.29, 0.717) is 24.9 Å². The average molecular weight is 502 g/mol. The van der Waals surface area contributed by atoms with Gasteiger partial charge in [-0.15, -0.1) is 0 Å². The van der Waals surface area contributed by atoms with Crippen LogP contribution in [0.25, 0.3) is 0 Å². The minimum absolute atomic E-state index is 0.0820. The number of benzene rings is 2. The van der Waals surface area contributed by atoms with E-state index in [2.05, 4.69) is 5.32 Å². The van der Waals surface area contributed by atoms with Gasteiger partial charge in [-0.05, 0) is 48.2 Å². The standard InChI is InChI=1S/C26H29F2N3O5/c1-35-26(36-2)22-15-21(32)16-23(26)30(12-10-18-6-4-8-20(28)14-18)25(24(22)31(33)34)29-11-9-17-5-3-7-19(27)13-17/h3-8,13-14,22-23,29H,9-12,15-16H2,1-2H3. The van der Waals surface area contributed by atoms with E-state index in [4.69, 9.17) is 9.47 Å². The van der Waals surface area contributed by atoms with Gasteiger partial charge in [-0.2, -0.15) is 0 Å². The van der Waals surface area contributed by atoms with Crippen molar-refractivity contribution in [2.24, 2.45) is 5.92 Å². The molecule has 1 heterocycles. The molecule has 192 valence electrons. The average Bonchev–Trinajstić information content (AvgIpc) is 2.83. The summed E-state index contributed by atoms with van der Waals surface area (Å²) in [5, 5.41) is 15.6. The molecule has 1 aliphatic heterocycles. The number of ketones is 1. The first-order chi connectivity index (χ1) is 17.3. The molecular formula is C26H29F2N3O5. The van der Waals surface area contributed by atoms with Gasteiger partial charge in [0.15, 0.2) is 5.82 Å². The van der Waals surface area contributed by atoms with Crippen LogP contribution in [-0.4, -0.2) is 54.7 Å². The lowest BCUT2D eigenvalue weighted by Crippen LogP contribution is -2.68. The van der Waals surface area contributed by atoms with Crippen molar-refractivity contribution in [1.29, 1.82) is 0 Å². The highest BCUT2D eigenvalue weighted by Gasteiger charge is 2.63. The second-order valence-corrected chi connectivity index (χ2v) is 9.02. The highest BCUT2D eigenvalue weighted by atomic mass is 19.1. The molecule has 1 fully saturated rings. The number of hydrogen-bond acceptors (Lipinski definition) is 7. The second-order valence-electron chi connectivity index (χ2n) is 9.02. The number of carbonyl (C=O) groups is 1. The van der Waals surface area contributed by atoms with Crippen LogP contribution in [0, 0.1) is 27.7 Å². The van der Waals surface area contributed by atoms with E-state index in [9.17, 15) is 23.7 Å². The first-order valence-corrected chi connectivity index (χ1v) is 11.8. The number of nitrogens with one attached hydrogen (secondary N) is 1. The number of methoxy groups -OCH3 is 2. The summed E-state index contributed by atoms with van der Waals surface area (Å²) in [5.41, 5.74) is 1.26. The van der Waals surface area contributed by atoms with Crippen LogP contribution in [0.5, 0.6) is 0 Å². The topological polar surface area (TPSA) is 93.9 Å². The molecule has 8 nitrogen and oxygen atoms in total. The zero-order valence-corrected chi connectivity index (χ0v) is 20.2. The first kappa shape index (κ1) is 25.7. The smallest absolute Gasteiger partial charge is 0.294 e. The number of ether oxygens (including phenoxy) is 2. The Balaban J connectivity index is 1.71. The fourth-order valence-corrected chi connectivity index (χ4v) is 5.40. The van der Waals surface area contributed by atoms with Gasteiger partial charge in [-0.1, -0.05) is 24.3 Å². The van der Waals surface area contributed by atoms with E-state index >= 15 is 0 Å². The van der Waals surface area contributed by atoms with Crippen LogP contribution >= 0.6 is 0 Å². The van der Waals surface area contributed by atoms with Crippen molar-refractivity contribution in [2.45, 2.75) is 37.5 Å². The molecule has 0 radical (unpaired) electrons. The van der Waals surface area contributed by atoms with Gasteiger partial charge in [0.1, 0.15) is 23.3 Å². The number of carbonyl (C=O) groups excluding carboxylic acids is 1. The minimum Gasteiger partial charge on any atom is -0.366 e. The minimum atomic E-state index is -1.40. The van der Waals surface area contributed by atoms with Crippen LogP contribution in [0.15, 0.2) is 60.0 Å². The molecule has 36 heavy (non-hydrogen) atoms. The molecule has 4 rings (SSSR count). The maximum absolute atomic E-state index is 13.8. The summed E-state index contributed by atoms with van der Waals surface area (Å²) >= 11 is 0. The Hall–Kier alpha value is -3.37. The molecule has 1 saturated carbocycles. The van der Waals surface area contributed by atoms with Crippen LogP contribution < -0.4 is 5.32 Å². The third-order valence-corrected chi connectivity index (χ3v) is 7.00. The number of Topliss-reactive ketones (excluding diaryl/α,β-unsaturated/α-hetero) is 1. The quantitative estimate of drug-likeness (QED) is 0.303. The summed E-state index contributed by atoms with van der Waals surface area (Å²) in [6, 6.07) is 11.7. The van der Waals surface area contributed by atoms with Crippen LogP contribution in [0.2, 0.25) is 0 Å². The van der Waals surface area contributed by atoms with Crippen molar-refractivity contribution in [1.82, 2.24) is 10.2 Å². The van der Waals surface area contributed by atoms with Gasteiger partial charge in [0.25, 0.3) is 5.70 Å². The lowest BCUT2D eigenvalue weighted by Gasteiger charge is -2.53. The monoisotopic (exact) mass is 501 g/mol. The van der Waals surface area contributed by atoms with E-state index in [1.165, 1.54) is 38.5 Å². The molecule has 1 N–H and O–H groups in total. The number of fused-ring (bicyclic) bond motifs is 2. The van der Waals surface area contributed by atoms with E-state index in [1.807, 2.05) is 0 Å². The molecule has 2 aromatic carbocycles. The molecule has 0 amide bonds. The molecule has 2 atom stereocenters. The lowest BCUT2D eigenvalue weighted by molar-refractivity contribution is -0.454. The normalized spacial score (nSPS) is 21.0. The van der Waals surface area contributed by atoms with Gasteiger partial charge in [-0.25, -0.2) is 8.78 Å². The first-order valence-electron chi connectivity index (χ1n) is 11.8. The van der Waals surface area contributed by atoms with Crippen molar-refractivity contribution in [3.63, 3.8) is 0 Å². The molecule has 1 aliphatic carbocycles. The Labute approximate surface area is 208 Å². The molecule has 10 heteroatoms. The predicted octanol–water partition coefficient (Wildman–Crippen LogP) is 3.44. The maximum atomic E-state index is 13.8. The van der Waals surface area contributed by atoms with Gasteiger partial charge in [-0.3, -0.25) is 14.9 Å². The van der Waals surface area contributed by atoms with Gasteiger partial charge in [0, 0.05) is 40.2 Å². The molecule has 2 unspecified atom stereocenters. The molecule has 2 aliphatic rings. The summed E-state index contributed by atoms with van der Waals surface area (Å²) in [6.45, 7) is 0.551. The van der Waals surface area contributed by atoms with Gasteiger partial charge in [0.05, 0.1) is 11.0 Å². The second kappa shape index (κ2) is 10.7. The third kappa shape index (κ3) is 4.96. The number of nitrogens with zero attached hydrogens (tertiary/aromatic N) is 2. The number of halogens is 2. The van der Waals surface area contributed by atoms with E-state index in [-0.39, 0.29) is 48.3 Å². The van der Waals surface area contributed by atoms with Gasteiger partial charge >= 0.3 is 0 Å². The largest absolute Gasteiger partial charge is 0.366 e. The number of hydrogen-bond donors (Lipinski definition) is 1. The van der Waals surface area contributed by atoms with Crippen molar-refractivity contribution in [2.75, 3.05) is 27.3 Å². The number of nitro groups is 1. The van der Waals surface area contributed by atoms with E-state index in [0.717, 1.165) is 5.56 Å². The zero-order valence-electron chi connectivity index (χ0n) is 20.2. The van der Waals surface area contributed by atoms with Crippen LogP contribution in [0.1, 0.15) is 24.0 Å². The third-order valence-electron chi connectivity index (χ3n) is 7.00. The van der Waals surface area contributed by atoms with Crippen LogP contribution in [0.4, 0.5) is 8.78 Å². The molecule has 2 bridgehead atoms. The van der Waals surface area contributed by atoms with Gasteiger partial charge < -0.3 is 19.7 Å². The van der Waals surface area contributed by atoms with Crippen molar-refractivity contribution in [3.8, 4) is 0 Å². The Morgan fingerprint density at radius 2 is 1.67 bits per heavy atom. The summed E-state index contributed by atoms with van der Waals surface area (Å²) in [7, 11) is 2.84.